The molecule has 0 fully saturated rings. The predicted molar refractivity (Wildman–Crippen MR) is 150 cm³/mol. The fraction of sp³-hybridized carbons (Fsp3) is 0.375. The van der Waals surface area contributed by atoms with Crippen LogP contribution >= 0.6 is 0 Å². The van der Waals surface area contributed by atoms with Gasteiger partial charge in [-0.2, -0.15) is 0 Å². The molecule has 0 aliphatic carbocycles. The fourth-order valence-electron chi connectivity index (χ4n) is 5.04. The number of amides is 1. The number of unbranched alkanes of at least 4 members (excludes halogenated alkanes) is 2. The van der Waals surface area contributed by atoms with Crippen molar-refractivity contribution < 1.29 is 4.79 Å². The molecule has 4 rings (SSSR count). The van der Waals surface area contributed by atoms with E-state index in [1.54, 1.807) is 0 Å². The number of rotatable bonds is 10. The lowest BCUT2D eigenvalue weighted by Crippen LogP contribution is -2.26. The molecule has 1 amide bonds. The highest BCUT2D eigenvalue weighted by molar-refractivity contribution is 5.79. The van der Waals surface area contributed by atoms with Crippen molar-refractivity contribution in [1.82, 2.24) is 14.9 Å². The number of nitrogens with one attached hydrogen (secondary N) is 1. The van der Waals surface area contributed by atoms with E-state index in [0.29, 0.717) is 6.42 Å². The first-order valence-corrected chi connectivity index (χ1v) is 13.2. The summed E-state index contributed by atoms with van der Waals surface area (Å²) in [4.78, 5) is 17.3. The summed E-state index contributed by atoms with van der Waals surface area (Å²) in [5.74, 6) is 1.25. The smallest absolute Gasteiger partial charge is 0.224 e. The average molecular weight is 482 g/mol. The van der Waals surface area contributed by atoms with Crippen LogP contribution in [0.5, 0.6) is 0 Å². The van der Waals surface area contributed by atoms with Gasteiger partial charge in [-0.25, -0.2) is 4.98 Å². The Balaban J connectivity index is 1.36. The molecule has 4 heteroatoms. The Morgan fingerprint density at radius 2 is 1.53 bits per heavy atom. The zero-order valence-corrected chi connectivity index (χ0v) is 22.4. The third-order valence-corrected chi connectivity index (χ3v) is 7.58. The summed E-state index contributed by atoms with van der Waals surface area (Å²) in [6.07, 6.45) is 4.50. The molecule has 0 aliphatic rings. The normalized spacial score (nSPS) is 11.2. The molecule has 3 aromatic carbocycles. The topological polar surface area (TPSA) is 46.9 Å². The zero-order valence-electron chi connectivity index (χ0n) is 22.4. The molecule has 1 aromatic heterocycles. The van der Waals surface area contributed by atoms with Crippen molar-refractivity contribution in [3.63, 3.8) is 0 Å². The van der Waals surface area contributed by atoms with Crippen LogP contribution in [0.25, 0.3) is 11.0 Å². The minimum absolute atomic E-state index is 0.102. The number of hydrogen-bond donors (Lipinski definition) is 1. The minimum atomic E-state index is 0.102. The quantitative estimate of drug-likeness (QED) is 0.256. The van der Waals surface area contributed by atoms with Crippen LogP contribution in [0, 0.1) is 34.6 Å². The Bertz CT molecular complexity index is 1340. The summed E-state index contributed by atoms with van der Waals surface area (Å²) in [6.45, 7) is 12.5. The Labute approximate surface area is 215 Å². The highest BCUT2D eigenvalue weighted by atomic mass is 16.1. The second-order valence-corrected chi connectivity index (χ2v) is 10.1. The van der Waals surface area contributed by atoms with Crippen LogP contribution in [0.1, 0.15) is 64.0 Å². The van der Waals surface area contributed by atoms with Crippen LogP contribution < -0.4 is 5.32 Å². The summed E-state index contributed by atoms with van der Waals surface area (Å²) in [5, 5.41) is 3.09. The largest absolute Gasteiger partial charge is 0.356 e. The molecule has 0 spiro atoms. The predicted octanol–water partition coefficient (Wildman–Crippen LogP) is 6.70. The van der Waals surface area contributed by atoms with Gasteiger partial charge in [-0.3, -0.25) is 4.79 Å². The van der Waals surface area contributed by atoms with Gasteiger partial charge in [0.15, 0.2) is 0 Å². The first-order chi connectivity index (χ1) is 17.3. The maximum Gasteiger partial charge on any atom is 0.224 e. The molecule has 1 heterocycles. The fourth-order valence-corrected chi connectivity index (χ4v) is 5.04. The van der Waals surface area contributed by atoms with Gasteiger partial charge in [0, 0.05) is 19.5 Å². The van der Waals surface area contributed by atoms with Crippen LogP contribution in [0.15, 0.2) is 54.6 Å². The Morgan fingerprint density at radius 3 is 2.28 bits per heavy atom. The van der Waals surface area contributed by atoms with Gasteiger partial charge in [-0.1, -0.05) is 48.9 Å². The molecule has 1 N–H and O–H groups in total. The molecule has 36 heavy (non-hydrogen) atoms. The number of aromatic nitrogens is 2. The number of carbonyl (C=O) groups excluding carboxylic acids is 1. The number of fused-ring (bicyclic) bond motifs is 1. The first-order valence-electron chi connectivity index (χ1n) is 13.2. The second kappa shape index (κ2) is 11.6. The van der Waals surface area contributed by atoms with Gasteiger partial charge in [-0.15, -0.1) is 0 Å². The average Bonchev–Trinajstić information content (AvgIpc) is 3.21. The lowest BCUT2D eigenvalue weighted by atomic mass is 9.94. The van der Waals surface area contributed by atoms with Crippen molar-refractivity contribution >= 4 is 16.9 Å². The van der Waals surface area contributed by atoms with Gasteiger partial charge in [0.1, 0.15) is 5.82 Å². The highest BCUT2D eigenvalue weighted by Gasteiger charge is 2.15. The zero-order chi connectivity index (χ0) is 25.7. The molecule has 0 saturated carbocycles. The minimum Gasteiger partial charge on any atom is -0.356 e. The van der Waals surface area contributed by atoms with Crippen molar-refractivity contribution in [2.45, 2.75) is 73.3 Å². The lowest BCUT2D eigenvalue weighted by Gasteiger charge is -2.18. The van der Waals surface area contributed by atoms with Gasteiger partial charge in [0.05, 0.1) is 17.5 Å². The number of nitrogens with zero attached hydrogens (tertiary/aromatic N) is 2. The summed E-state index contributed by atoms with van der Waals surface area (Å²) in [6, 6.07) is 18.8. The number of aryl methyl sites for hydroxylation is 4. The van der Waals surface area contributed by atoms with E-state index in [-0.39, 0.29) is 5.91 Å². The maximum absolute atomic E-state index is 12.3. The Morgan fingerprint density at radius 1 is 0.833 bits per heavy atom. The van der Waals surface area contributed by atoms with Gasteiger partial charge < -0.3 is 9.88 Å². The second-order valence-electron chi connectivity index (χ2n) is 10.1. The SMILES string of the molecule is Cc1ccccc1CC(=O)NCCCCCc1nc2ccccc2n1Cc1c(C)c(C)cc(C)c1C. The Hall–Kier alpha value is -3.40. The molecule has 0 unspecified atom stereocenters. The molecule has 0 aliphatic heterocycles. The van der Waals surface area contributed by atoms with E-state index in [1.807, 2.05) is 18.2 Å². The molecule has 0 saturated heterocycles. The molecular formula is C32H39N3O. The van der Waals surface area contributed by atoms with Crippen molar-refractivity contribution in [2.24, 2.45) is 0 Å². The molecule has 4 nitrogen and oxygen atoms in total. The number of imidazole rings is 1. The van der Waals surface area contributed by atoms with Crippen molar-refractivity contribution in [3.05, 3.63) is 99.4 Å². The van der Waals surface area contributed by atoms with Crippen molar-refractivity contribution in [1.29, 1.82) is 0 Å². The number of para-hydroxylation sites is 2. The third-order valence-electron chi connectivity index (χ3n) is 7.58. The van der Waals surface area contributed by atoms with Crippen molar-refractivity contribution in [3.8, 4) is 0 Å². The van der Waals surface area contributed by atoms with Crippen molar-refractivity contribution in [2.75, 3.05) is 6.54 Å². The number of hydrogen-bond acceptors (Lipinski definition) is 2. The van der Waals surface area contributed by atoms with Crippen LogP contribution in [0.3, 0.4) is 0 Å². The van der Waals surface area contributed by atoms with Crippen LogP contribution in [0.2, 0.25) is 0 Å². The summed E-state index contributed by atoms with van der Waals surface area (Å²) in [7, 11) is 0. The Kier molecular flexibility index (Phi) is 8.25. The molecule has 4 aromatic rings. The van der Waals surface area contributed by atoms with Crippen LogP contribution in [0.4, 0.5) is 0 Å². The van der Waals surface area contributed by atoms with E-state index in [1.165, 1.54) is 38.9 Å². The summed E-state index contributed by atoms with van der Waals surface area (Å²) in [5.41, 5.74) is 11.4. The van der Waals surface area contributed by atoms with Gasteiger partial charge in [0.25, 0.3) is 0 Å². The number of benzene rings is 3. The first kappa shape index (κ1) is 25.7. The van der Waals surface area contributed by atoms with E-state index in [9.17, 15) is 4.79 Å². The molecule has 188 valence electrons. The number of carbonyl (C=O) groups is 1. The molecule has 0 bridgehead atoms. The van der Waals surface area contributed by atoms with E-state index in [4.69, 9.17) is 4.98 Å². The van der Waals surface area contributed by atoms with Crippen LogP contribution in [-0.4, -0.2) is 22.0 Å². The monoisotopic (exact) mass is 481 g/mol. The standard InChI is InChI=1S/C32H39N3O/c1-22-13-8-9-14-27(22)20-32(36)33-18-12-6-7-17-31-34-29-15-10-11-16-30(29)35(31)21-28-25(4)23(2)19-24(3)26(28)5/h8-11,13-16,19H,6-7,12,17-18,20-21H2,1-5H3,(H,33,36). The lowest BCUT2D eigenvalue weighted by molar-refractivity contribution is -0.120. The molecule has 0 radical (unpaired) electrons. The summed E-state index contributed by atoms with van der Waals surface area (Å²) < 4.78 is 2.41. The van der Waals surface area contributed by atoms with E-state index in [0.717, 1.165) is 55.7 Å². The maximum atomic E-state index is 12.3. The highest BCUT2D eigenvalue weighted by Crippen LogP contribution is 2.26. The van der Waals surface area contributed by atoms with E-state index < -0.39 is 0 Å². The van der Waals surface area contributed by atoms with Gasteiger partial charge >= 0.3 is 0 Å². The van der Waals surface area contributed by atoms with E-state index in [2.05, 4.69) is 80.9 Å². The van der Waals surface area contributed by atoms with Gasteiger partial charge in [-0.05, 0) is 98.5 Å². The van der Waals surface area contributed by atoms with Gasteiger partial charge in [0.2, 0.25) is 5.91 Å². The third kappa shape index (κ3) is 5.87. The molecule has 0 atom stereocenters. The van der Waals surface area contributed by atoms with E-state index >= 15 is 0 Å². The molecular weight excluding hydrogens is 442 g/mol. The van der Waals surface area contributed by atoms with Crippen LogP contribution in [-0.2, 0) is 24.2 Å². The summed E-state index contributed by atoms with van der Waals surface area (Å²) >= 11 is 0.